The fourth-order valence-corrected chi connectivity index (χ4v) is 8.62. The van der Waals surface area contributed by atoms with Crippen molar-refractivity contribution in [2.75, 3.05) is 6.61 Å². The quantitative estimate of drug-likeness (QED) is 0.152. The van der Waals surface area contributed by atoms with Gasteiger partial charge in [0.25, 0.3) is 0 Å². The molecule has 3 fully saturated rings. The molecule has 0 unspecified atom stereocenters. The van der Waals surface area contributed by atoms with Crippen molar-refractivity contribution in [1.29, 1.82) is 0 Å². The summed E-state index contributed by atoms with van der Waals surface area (Å²) >= 11 is 0. The maximum atomic E-state index is 13.1. The Balaban J connectivity index is 1.38. The summed E-state index contributed by atoms with van der Waals surface area (Å²) in [5.41, 5.74) is 4.60. The third-order valence-corrected chi connectivity index (χ3v) is 13.5. The molecule has 3 aliphatic rings. The molecule has 9 heteroatoms. The maximum Gasteiger partial charge on any atom is 0.408 e. The fraction of sp³-hybridized carbons (Fsp3) is 0.690. The van der Waals surface area contributed by atoms with Crippen LogP contribution in [0.1, 0.15) is 143 Å². The largest absolute Gasteiger partial charge is 0.444 e. The molecule has 2 atom stereocenters. The van der Waals surface area contributed by atoms with Gasteiger partial charge in [-0.15, -0.1) is 0 Å². The number of aromatic nitrogens is 4. The average Bonchev–Trinajstić information content (AvgIpc) is 3.69. The molecule has 2 heterocycles. The topological polar surface area (TPSA) is 94.1 Å². The molecule has 0 radical (unpaired) electrons. The van der Waals surface area contributed by atoms with Gasteiger partial charge in [0.05, 0.1) is 17.9 Å². The Morgan fingerprint density at radius 1 is 0.882 bits per heavy atom. The van der Waals surface area contributed by atoms with E-state index in [9.17, 15) is 4.79 Å². The second-order valence-electron chi connectivity index (χ2n) is 20.1. The first kappa shape index (κ1) is 39.3. The van der Waals surface area contributed by atoms with E-state index in [1.165, 1.54) is 49.8 Å². The summed E-state index contributed by atoms with van der Waals surface area (Å²) in [5, 5.41) is 3.15. The number of benzene rings is 1. The van der Waals surface area contributed by atoms with Crippen molar-refractivity contribution in [2.24, 2.45) is 10.8 Å². The normalized spacial score (nSPS) is 22.5. The van der Waals surface area contributed by atoms with E-state index in [4.69, 9.17) is 19.4 Å². The zero-order valence-electron chi connectivity index (χ0n) is 34.0. The molecule has 0 spiro atoms. The SMILES string of the molecule is C[C@H](c1ncc(C23CCC(c4ccc(-c5cnc([C@@H](NC(=O)OC(C)(C)C)C(C)(C)C)n5COCC[Si](C)(C)C)cc4)(CC2)CC3)[nH]1)C(C)(C)C. The summed E-state index contributed by atoms with van der Waals surface area (Å²) in [7, 11) is -1.26. The number of H-pyrrole nitrogens is 1. The van der Waals surface area contributed by atoms with Crippen LogP contribution in [0.3, 0.4) is 0 Å². The predicted molar refractivity (Wildman–Crippen MR) is 211 cm³/mol. The van der Waals surface area contributed by atoms with Crippen molar-refractivity contribution in [1.82, 2.24) is 24.8 Å². The van der Waals surface area contributed by atoms with Crippen LogP contribution in [0.25, 0.3) is 11.3 Å². The smallest absolute Gasteiger partial charge is 0.408 e. The number of nitrogens with zero attached hydrogens (tertiary/aromatic N) is 3. The molecular weight excluding hydrogens is 651 g/mol. The summed E-state index contributed by atoms with van der Waals surface area (Å²) < 4.78 is 14.2. The molecule has 2 N–H and O–H groups in total. The standard InChI is InChI=1S/C42H67N5O3Si/c1-29(38(2,3)4)35-43-27-33(45-35)42-21-18-41(19-22-42,20-23-42)31-16-14-30(15-17-31)32-26-44-36(47(32)28-49-24-25-51(11,12)13)34(39(5,6)7)46-37(48)50-40(8,9)10/h14-17,26-27,29,34H,18-25,28H2,1-13H3,(H,43,45)(H,46,48)/t29-,34-,41?,42?/m1/s1. The van der Waals surface area contributed by atoms with Gasteiger partial charge in [-0.2, -0.15) is 0 Å². The maximum absolute atomic E-state index is 13.1. The van der Waals surface area contributed by atoms with Crippen LogP contribution in [0.5, 0.6) is 0 Å². The summed E-state index contributed by atoms with van der Waals surface area (Å²) in [4.78, 5) is 26.7. The summed E-state index contributed by atoms with van der Waals surface area (Å²) in [5.74, 6) is 2.29. The number of carbonyl (C=O) groups excluding carboxylic acids is 1. The van der Waals surface area contributed by atoms with Crippen LogP contribution in [-0.4, -0.2) is 45.9 Å². The molecule has 0 aliphatic heterocycles. The number of amides is 1. The highest BCUT2D eigenvalue weighted by atomic mass is 28.3. The molecule has 51 heavy (non-hydrogen) atoms. The predicted octanol–water partition coefficient (Wildman–Crippen LogP) is 10.9. The van der Waals surface area contributed by atoms with Gasteiger partial charge in [0.2, 0.25) is 0 Å². The summed E-state index contributed by atoms with van der Waals surface area (Å²) in [6.07, 6.45) is 10.8. The van der Waals surface area contributed by atoms with E-state index in [-0.39, 0.29) is 27.7 Å². The van der Waals surface area contributed by atoms with Crippen molar-refractivity contribution in [2.45, 2.75) is 169 Å². The summed E-state index contributed by atoms with van der Waals surface area (Å²) in [6, 6.07) is 9.95. The molecular formula is C42H67N5O3Si. The Hall–Kier alpha value is -2.91. The molecule has 2 aromatic heterocycles. The minimum atomic E-state index is -1.26. The lowest BCUT2D eigenvalue weighted by Gasteiger charge is -2.53. The number of carbonyl (C=O) groups is 1. The fourth-order valence-electron chi connectivity index (χ4n) is 7.87. The minimum Gasteiger partial charge on any atom is -0.444 e. The van der Waals surface area contributed by atoms with Crippen LogP contribution in [0.4, 0.5) is 4.79 Å². The molecule has 3 aromatic rings. The molecule has 2 bridgehead atoms. The van der Waals surface area contributed by atoms with E-state index in [0.29, 0.717) is 19.3 Å². The van der Waals surface area contributed by atoms with E-state index < -0.39 is 19.8 Å². The number of aromatic amines is 1. The van der Waals surface area contributed by atoms with Crippen molar-refractivity contribution in [3.63, 3.8) is 0 Å². The third-order valence-electron chi connectivity index (χ3n) is 11.8. The first-order valence-electron chi connectivity index (χ1n) is 19.3. The lowest BCUT2D eigenvalue weighted by molar-refractivity contribution is 0.0441. The number of fused-ring (bicyclic) bond motifs is 3. The second kappa shape index (κ2) is 14.1. The van der Waals surface area contributed by atoms with Crippen LogP contribution in [0, 0.1) is 10.8 Å². The number of ether oxygens (including phenoxy) is 2. The van der Waals surface area contributed by atoms with Gasteiger partial charge in [-0.3, -0.25) is 0 Å². The number of rotatable bonds is 11. The Morgan fingerprint density at radius 2 is 1.47 bits per heavy atom. The van der Waals surface area contributed by atoms with Crippen LogP contribution in [-0.2, 0) is 27.0 Å². The van der Waals surface area contributed by atoms with Crippen LogP contribution in [0.2, 0.25) is 25.7 Å². The lowest BCUT2D eigenvalue weighted by atomic mass is 9.51. The van der Waals surface area contributed by atoms with Gasteiger partial charge in [-0.05, 0) is 92.7 Å². The van der Waals surface area contributed by atoms with E-state index >= 15 is 0 Å². The Kier molecular flexibility index (Phi) is 10.9. The van der Waals surface area contributed by atoms with E-state index in [1.807, 2.05) is 27.0 Å². The molecule has 6 rings (SSSR count). The van der Waals surface area contributed by atoms with Gasteiger partial charge in [-0.1, -0.05) is 92.4 Å². The zero-order valence-corrected chi connectivity index (χ0v) is 35.0. The molecule has 3 saturated carbocycles. The Labute approximate surface area is 309 Å². The third kappa shape index (κ3) is 9.01. The first-order chi connectivity index (χ1) is 23.5. The van der Waals surface area contributed by atoms with Crippen molar-refractivity contribution >= 4 is 14.2 Å². The minimum absolute atomic E-state index is 0.179. The van der Waals surface area contributed by atoms with E-state index in [1.54, 1.807) is 0 Å². The van der Waals surface area contributed by atoms with Gasteiger partial charge in [-0.25, -0.2) is 14.8 Å². The van der Waals surface area contributed by atoms with E-state index in [0.717, 1.165) is 29.0 Å². The number of hydrogen-bond acceptors (Lipinski definition) is 5. The van der Waals surface area contributed by atoms with Crippen molar-refractivity contribution < 1.29 is 14.3 Å². The molecule has 1 amide bonds. The van der Waals surface area contributed by atoms with E-state index in [2.05, 4.69) is 113 Å². The highest BCUT2D eigenvalue weighted by Crippen LogP contribution is 2.58. The Bertz CT molecular complexity index is 1620. The van der Waals surface area contributed by atoms with Crippen molar-refractivity contribution in [3.8, 4) is 11.3 Å². The number of alkyl carbamates (subject to hydrolysis) is 1. The van der Waals surface area contributed by atoms with Crippen LogP contribution < -0.4 is 5.32 Å². The number of nitrogens with one attached hydrogen (secondary N) is 2. The summed E-state index contributed by atoms with van der Waals surface area (Å²) in [6.45, 7) is 29.3. The van der Waals surface area contributed by atoms with Gasteiger partial charge >= 0.3 is 6.09 Å². The number of hydrogen-bond donors (Lipinski definition) is 2. The Morgan fingerprint density at radius 3 is 2.00 bits per heavy atom. The molecule has 0 saturated heterocycles. The highest BCUT2D eigenvalue weighted by molar-refractivity contribution is 6.76. The number of imidazole rings is 2. The molecule has 3 aliphatic carbocycles. The van der Waals surface area contributed by atoms with Gasteiger partial charge < -0.3 is 24.3 Å². The lowest BCUT2D eigenvalue weighted by Crippen LogP contribution is -2.46. The van der Waals surface area contributed by atoms with Gasteiger partial charge in [0.1, 0.15) is 24.0 Å². The van der Waals surface area contributed by atoms with Gasteiger partial charge in [0.15, 0.2) is 0 Å². The first-order valence-corrected chi connectivity index (χ1v) is 23.0. The molecule has 1 aromatic carbocycles. The highest BCUT2D eigenvalue weighted by Gasteiger charge is 2.51. The molecule has 282 valence electrons. The van der Waals surface area contributed by atoms with Crippen LogP contribution in [0.15, 0.2) is 36.7 Å². The molecule has 8 nitrogen and oxygen atoms in total. The van der Waals surface area contributed by atoms with Crippen LogP contribution >= 0.6 is 0 Å². The average molecular weight is 718 g/mol. The van der Waals surface area contributed by atoms with Gasteiger partial charge in [0, 0.05) is 37.9 Å². The van der Waals surface area contributed by atoms with Crippen molar-refractivity contribution in [3.05, 3.63) is 59.6 Å². The second-order valence-corrected chi connectivity index (χ2v) is 25.8. The monoisotopic (exact) mass is 718 g/mol. The zero-order chi connectivity index (χ0) is 37.6.